The van der Waals surface area contributed by atoms with Gasteiger partial charge in [-0.15, -0.1) is 0 Å². The van der Waals surface area contributed by atoms with E-state index >= 15 is 0 Å². The van der Waals surface area contributed by atoms with Gasteiger partial charge in [-0.05, 0) is 32.8 Å². The number of nitrogens with zero attached hydrogens (tertiary/aromatic N) is 2. The lowest BCUT2D eigenvalue weighted by Crippen LogP contribution is -2.14. The summed E-state index contributed by atoms with van der Waals surface area (Å²) in [6.45, 7) is 10.8. The summed E-state index contributed by atoms with van der Waals surface area (Å²) >= 11 is 0. The van der Waals surface area contributed by atoms with Crippen LogP contribution in [0.4, 0.5) is 0 Å². The lowest BCUT2D eigenvalue weighted by molar-refractivity contribution is 0.368. The van der Waals surface area contributed by atoms with Crippen molar-refractivity contribution in [3.63, 3.8) is 0 Å². The van der Waals surface area contributed by atoms with E-state index in [-0.39, 0.29) is 0 Å². The van der Waals surface area contributed by atoms with Crippen molar-refractivity contribution >= 4 is 0 Å². The smallest absolute Gasteiger partial charge is 0.0596 e. The second-order valence-electron chi connectivity index (χ2n) is 3.86. The van der Waals surface area contributed by atoms with Crippen molar-refractivity contribution in [3.8, 4) is 0 Å². The molecule has 1 rings (SSSR count). The van der Waals surface area contributed by atoms with Gasteiger partial charge in [0.05, 0.1) is 11.7 Å². The molecule has 0 aromatic carbocycles. The SMILES string of the molecule is Cc1cc(C)n(C(C)C(C)C)n1. The molecule has 0 saturated heterocycles. The Balaban J connectivity index is 2.94. The van der Waals surface area contributed by atoms with Gasteiger partial charge < -0.3 is 0 Å². The van der Waals surface area contributed by atoms with Crippen molar-refractivity contribution in [1.82, 2.24) is 9.78 Å². The predicted octanol–water partition coefficient (Wildman–Crippen LogP) is 2.72. The molecule has 2 nitrogen and oxygen atoms in total. The molecule has 68 valence electrons. The van der Waals surface area contributed by atoms with Crippen LogP contribution in [-0.4, -0.2) is 9.78 Å². The fourth-order valence-electron chi connectivity index (χ4n) is 1.34. The summed E-state index contributed by atoms with van der Waals surface area (Å²) in [6, 6.07) is 2.62. The van der Waals surface area contributed by atoms with Gasteiger partial charge in [0.25, 0.3) is 0 Å². The molecular weight excluding hydrogens is 148 g/mol. The summed E-state index contributed by atoms with van der Waals surface area (Å²) in [5, 5.41) is 4.45. The van der Waals surface area contributed by atoms with Crippen molar-refractivity contribution in [3.05, 3.63) is 17.5 Å². The first-order chi connectivity index (χ1) is 5.52. The van der Waals surface area contributed by atoms with E-state index < -0.39 is 0 Å². The second-order valence-corrected chi connectivity index (χ2v) is 3.86. The third-order valence-corrected chi connectivity index (χ3v) is 2.40. The molecule has 0 amide bonds. The number of hydrogen-bond donors (Lipinski definition) is 0. The Bertz CT molecular complexity index is 261. The molecule has 0 radical (unpaired) electrons. The summed E-state index contributed by atoms with van der Waals surface area (Å²) in [6.07, 6.45) is 0. The molecule has 0 bridgehead atoms. The minimum absolute atomic E-state index is 0.499. The molecule has 1 atom stereocenters. The fourth-order valence-corrected chi connectivity index (χ4v) is 1.34. The fraction of sp³-hybridized carbons (Fsp3) is 0.700. The molecule has 0 aliphatic heterocycles. The van der Waals surface area contributed by atoms with E-state index in [4.69, 9.17) is 0 Å². The molecule has 0 N–H and O–H groups in total. The van der Waals surface area contributed by atoms with Crippen LogP contribution in [0.1, 0.15) is 38.2 Å². The van der Waals surface area contributed by atoms with E-state index in [1.807, 2.05) is 6.92 Å². The summed E-state index contributed by atoms with van der Waals surface area (Å²) in [4.78, 5) is 0. The van der Waals surface area contributed by atoms with Gasteiger partial charge in [0.2, 0.25) is 0 Å². The number of rotatable bonds is 2. The second kappa shape index (κ2) is 3.30. The van der Waals surface area contributed by atoms with Crippen LogP contribution in [0.25, 0.3) is 0 Å². The Kier molecular flexibility index (Phi) is 2.55. The summed E-state index contributed by atoms with van der Waals surface area (Å²) in [5.74, 6) is 0.642. The molecule has 1 heterocycles. The van der Waals surface area contributed by atoms with Gasteiger partial charge in [-0.3, -0.25) is 4.68 Å². The molecule has 0 saturated carbocycles. The molecule has 1 aromatic rings. The molecular formula is C10H18N2. The number of aromatic nitrogens is 2. The average Bonchev–Trinajstić information content (AvgIpc) is 2.28. The van der Waals surface area contributed by atoms with E-state index in [0.29, 0.717) is 12.0 Å². The molecule has 0 aliphatic carbocycles. The van der Waals surface area contributed by atoms with Gasteiger partial charge >= 0.3 is 0 Å². The van der Waals surface area contributed by atoms with Crippen LogP contribution in [0.2, 0.25) is 0 Å². The third kappa shape index (κ3) is 1.68. The largest absolute Gasteiger partial charge is 0.267 e. The monoisotopic (exact) mass is 166 g/mol. The molecule has 2 heteroatoms. The van der Waals surface area contributed by atoms with E-state index in [1.165, 1.54) is 5.69 Å². The standard InChI is InChI=1S/C10H18N2/c1-7(2)10(5)12-9(4)6-8(3)11-12/h6-7,10H,1-5H3. The predicted molar refractivity (Wildman–Crippen MR) is 51.3 cm³/mol. The van der Waals surface area contributed by atoms with E-state index in [1.54, 1.807) is 0 Å². The molecule has 1 unspecified atom stereocenters. The van der Waals surface area contributed by atoms with Crippen molar-refractivity contribution < 1.29 is 0 Å². The third-order valence-electron chi connectivity index (χ3n) is 2.40. The summed E-state index contributed by atoms with van der Waals surface area (Å²) in [5.41, 5.74) is 2.37. The molecule has 0 fully saturated rings. The first kappa shape index (κ1) is 9.30. The Morgan fingerprint density at radius 1 is 1.25 bits per heavy atom. The van der Waals surface area contributed by atoms with Crippen molar-refractivity contribution in [2.24, 2.45) is 5.92 Å². The zero-order chi connectivity index (χ0) is 9.30. The van der Waals surface area contributed by atoms with Crippen LogP contribution >= 0.6 is 0 Å². The van der Waals surface area contributed by atoms with Crippen LogP contribution in [0, 0.1) is 19.8 Å². The van der Waals surface area contributed by atoms with Gasteiger partial charge in [-0.25, -0.2) is 0 Å². The molecule has 1 aromatic heterocycles. The highest BCUT2D eigenvalue weighted by Crippen LogP contribution is 2.18. The first-order valence-corrected chi connectivity index (χ1v) is 4.55. The lowest BCUT2D eigenvalue weighted by Gasteiger charge is -2.17. The highest BCUT2D eigenvalue weighted by Gasteiger charge is 2.12. The maximum absolute atomic E-state index is 4.45. The van der Waals surface area contributed by atoms with Crippen molar-refractivity contribution in [2.75, 3.05) is 0 Å². The zero-order valence-electron chi connectivity index (χ0n) is 8.63. The van der Waals surface area contributed by atoms with Crippen LogP contribution in [0.5, 0.6) is 0 Å². The Labute approximate surface area is 74.6 Å². The van der Waals surface area contributed by atoms with Gasteiger partial charge in [0.15, 0.2) is 0 Å². The van der Waals surface area contributed by atoms with E-state index in [2.05, 4.69) is 43.5 Å². The molecule has 0 spiro atoms. The van der Waals surface area contributed by atoms with E-state index in [9.17, 15) is 0 Å². The summed E-state index contributed by atoms with van der Waals surface area (Å²) in [7, 11) is 0. The van der Waals surface area contributed by atoms with E-state index in [0.717, 1.165) is 5.69 Å². The summed E-state index contributed by atoms with van der Waals surface area (Å²) < 4.78 is 2.11. The van der Waals surface area contributed by atoms with Crippen LogP contribution in [0.15, 0.2) is 6.07 Å². The lowest BCUT2D eigenvalue weighted by atomic mass is 10.1. The van der Waals surface area contributed by atoms with Crippen LogP contribution < -0.4 is 0 Å². The maximum atomic E-state index is 4.45. The van der Waals surface area contributed by atoms with Gasteiger partial charge in [0.1, 0.15) is 0 Å². The number of hydrogen-bond acceptors (Lipinski definition) is 1. The topological polar surface area (TPSA) is 17.8 Å². The number of aryl methyl sites for hydroxylation is 2. The average molecular weight is 166 g/mol. The van der Waals surface area contributed by atoms with Crippen molar-refractivity contribution in [1.29, 1.82) is 0 Å². The Morgan fingerprint density at radius 3 is 2.17 bits per heavy atom. The minimum Gasteiger partial charge on any atom is -0.267 e. The van der Waals surface area contributed by atoms with Gasteiger partial charge in [-0.1, -0.05) is 13.8 Å². The first-order valence-electron chi connectivity index (χ1n) is 4.55. The van der Waals surface area contributed by atoms with Gasteiger partial charge in [0, 0.05) is 5.69 Å². The maximum Gasteiger partial charge on any atom is 0.0596 e. The highest BCUT2D eigenvalue weighted by atomic mass is 15.3. The zero-order valence-corrected chi connectivity index (χ0v) is 8.63. The van der Waals surface area contributed by atoms with Crippen molar-refractivity contribution in [2.45, 2.75) is 40.7 Å². The Hall–Kier alpha value is -0.790. The molecule has 0 aliphatic rings. The quantitative estimate of drug-likeness (QED) is 0.660. The Morgan fingerprint density at radius 2 is 1.83 bits per heavy atom. The van der Waals surface area contributed by atoms with Gasteiger partial charge in [-0.2, -0.15) is 5.10 Å². The van der Waals surface area contributed by atoms with Crippen LogP contribution in [-0.2, 0) is 0 Å². The minimum atomic E-state index is 0.499. The van der Waals surface area contributed by atoms with Crippen LogP contribution in [0.3, 0.4) is 0 Å². The molecule has 12 heavy (non-hydrogen) atoms. The highest BCUT2D eigenvalue weighted by molar-refractivity contribution is 5.07. The normalized spacial score (nSPS) is 13.8.